The Bertz CT molecular complexity index is 1940. The standard InChI is InChI=1S/C40H41N5O/c41-40-44(23-12-28-46-36-18-5-2-6-19-36)38-21-9-10-22-39(38)45(40)30-32-13-11-17-35(29-32)43-26-24-42(25-27-43)31-34-16-7-8-20-37(34)33-14-3-1-4-15-33/h1-11,13-22,29,41H,12,23-28,30-31H2. The van der Waals surface area contributed by atoms with Crippen LogP contribution < -0.4 is 15.3 Å². The highest BCUT2D eigenvalue weighted by atomic mass is 16.5. The van der Waals surface area contributed by atoms with Crippen molar-refractivity contribution in [3.8, 4) is 16.9 Å². The molecule has 0 spiro atoms. The van der Waals surface area contributed by atoms with Gasteiger partial charge in [0, 0.05) is 45.0 Å². The van der Waals surface area contributed by atoms with Gasteiger partial charge < -0.3 is 18.8 Å². The van der Waals surface area contributed by atoms with Crippen molar-refractivity contribution in [2.45, 2.75) is 26.1 Å². The van der Waals surface area contributed by atoms with Crippen molar-refractivity contribution in [3.05, 3.63) is 150 Å². The summed E-state index contributed by atoms with van der Waals surface area (Å²) in [4.78, 5) is 5.08. The Morgan fingerprint density at radius 1 is 0.609 bits per heavy atom. The summed E-state index contributed by atoms with van der Waals surface area (Å²) in [7, 11) is 0. The summed E-state index contributed by atoms with van der Waals surface area (Å²) in [6.45, 7) is 7.03. The number of aryl methyl sites for hydroxylation is 1. The van der Waals surface area contributed by atoms with E-state index in [1.54, 1.807) is 0 Å². The number of rotatable bonds is 11. The minimum absolute atomic E-state index is 0.524. The van der Waals surface area contributed by atoms with Crippen LogP contribution in [0, 0.1) is 5.41 Å². The van der Waals surface area contributed by atoms with E-state index >= 15 is 0 Å². The van der Waals surface area contributed by atoms with Crippen LogP contribution in [0.1, 0.15) is 17.5 Å². The lowest BCUT2D eigenvalue weighted by atomic mass is 9.99. The van der Waals surface area contributed by atoms with Gasteiger partial charge in [0.25, 0.3) is 0 Å². The molecule has 0 amide bonds. The van der Waals surface area contributed by atoms with Crippen LogP contribution in [-0.4, -0.2) is 46.8 Å². The van der Waals surface area contributed by atoms with Crippen LogP contribution in [0.4, 0.5) is 5.69 Å². The van der Waals surface area contributed by atoms with Crippen molar-refractivity contribution < 1.29 is 4.74 Å². The second-order valence-corrected chi connectivity index (χ2v) is 12.0. The topological polar surface area (TPSA) is 49.4 Å². The summed E-state index contributed by atoms with van der Waals surface area (Å²) in [5.41, 5.74) is 9.17. The Labute approximate surface area is 271 Å². The Balaban J connectivity index is 1.01. The van der Waals surface area contributed by atoms with E-state index in [2.05, 4.69) is 122 Å². The molecule has 0 saturated carbocycles. The lowest BCUT2D eigenvalue weighted by molar-refractivity contribution is 0.250. The van der Waals surface area contributed by atoms with E-state index in [1.165, 1.54) is 27.9 Å². The molecule has 0 unspecified atom stereocenters. The highest BCUT2D eigenvalue weighted by Gasteiger charge is 2.19. The van der Waals surface area contributed by atoms with E-state index in [1.807, 2.05) is 30.3 Å². The first-order valence-corrected chi connectivity index (χ1v) is 16.3. The first kappa shape index (κ1) is 29.6. The van der Waals surface area contributed by atoms with Gasteiger partial charge in [0.2, 0.25) is 5.62 Å². The maximum atomic E-state index is 9.13. The number of ether oxygens (including phenoxy) is 1. The lowest BCUT2D eigenvalue weighted by Crippen LogP contribution is -2.46. The smallest absolute Gasteiger partial charge is 0.203 e. The van der Waals surface area contributed by atoms with Crippen LogP contribution in [-0.2, 0) is 19.6 Å². The molecular formula is C40H41N5O. The summed E-state index contributed by atoms with van der Waals surface area (Å²) in [6, 6.07) is 46.7. The van der Waals surface area contributed by atoms with Gasteiger partial charge >= 0.3 is 0 Å². The van der Waals surface area contributed by atoms with Crippen molar-refractivity contribution in [2.75, 3.05) is 37.7 Å². The molecule has 0 radical (unpaired) electrons. The van der Waals surface area contributed by atoms with Crippen LogP contribution in [0.3, 0.4) is 0 Å². The molecule has 1 aromatic heterocycles. The molecule has 1 saturated heterocycles. The minimum atomic E-state index is 0.524. The maximum absolute atomic E-state index is 9.13. The zero-order valence-corrected chi connectivity index (χ0v) is 26.3. The van der Waals surface area contributed by atoms with Gasteiger partial charge in [0.15, 0.2) is 0 Å². The van der Waals surface area contributed by atoms with Crippen LogP contribution in [0.25, 0.3) is 22.2 Å². The molecule has 6 nitrogen and oxygen atoms in total. The van der Waals surface area contributed by atoms with E-state index in [4.69, 9.17) is 10.1 Å². The van der Waals surface area contributed by atoms with Gasteiger partial charge in [0.05, 0.1) is 24.2 Å². The van der Waals surface area contributed by atoms with Gasteiger partial charge in [-0.25, -0.2) is 0 Å². The molecule has 1 fully saturated rings. The molecule has 5 aromatic carbocycles. The van der Waals surface area contributed by atoms with Gasteiger partial charge in [-0.2, -0.15) is 0 Å². The predicted molar refractivity (Wildman–Crippen MR) is 187 cm³/mol. The summed E-state index contributed by atoms with van der Waals surface area (Å²) < 4.78 is 10.2. The average Bonchev–Trinajstić information content (AvgIpc) is 3.38. The normalized spacial score (nSPS) is 13.7. The summed E-state index contributed by atoms with van der Waals surface area (Å²) in [5.74, 6) is 0.885. The number of benzene rings is 5. The fraction of sp³-hybridized carbons (Fsp3) is 0.225. The minimum Gasteiger partial charge on any atom is -0.494 e. The molecule has 7 rings (SSSR count). The van der Waals surface area contributed by atoms with E-state index in [9.17, 15) is 0 Å². The first-order chi connectivity index (χ1) is 22.7. The molecule has 46 heavy (non-hydrogen) atoms. The highest BCUT2D eigenvalue weighted by Crippen LogP contribution is 2.26. The molecule has 1 aliphatic rings. The van der Waals surface area contributed by atoms with Crippen molar-refractivity contribution in [3.63, 3.8) is 0 Å². The number of nitrogens with zero attached hydrogens (tertiary/aromatic N) is 4. The lowest BCUT2D eigenvalue weighted by Gasteiger charge is -2.36. The molecule has 0 aliphatic carbocycles. The van der Waals surface area contributed by atoms with Crippen molar-refractivity contribution >= 4 is 16.7 Å². The van der Waals surface area contributed by atoms with Crippen LogP contribution >= 0.6 is 0 Å². The number of hydrogen-bond acceptors (Lipinski definition) is 4. The third-order valence-electron chi connectivity index (χ3n) is 9.00. The molecule has 1 N–H and O–H groups in total. The quantitative estimate of drug-likeness (QED) is 0.156. The monoisotopic (exact) mass is 607 g/mol. The Morgan fingerprint density at radius 2 is 1.28 bits per heavy atom. The number of para-hydroxylation sites is 3. The predicted octanol–water partition coefficient (Wildman–Crippen LogP) is 7.43. The number of aromatic nitrogens is 2. The summed E-state index contributed by atoms with van der Waals surface area (Å²) in [5, 5.41) is 9.13. The van der Waals surface area contributed by atoms with Crippen molar-refractivity contribution in [1.29, 1.82) is 5.41 Å². The SMILES string of the molecule is N=c1n(CCCOc2ccccc2)c2ccccc2n1Cc1cccc(N2CCN(Cc3ccccc3-c3ccccc3)CC2)c1. The second-order valence-electron chi connectivity index (χ2n) is 12.0. The van der Waals surface area contributed by atoms with Crippen LogP contribution in [0.5, 0.6) is 5.75 Å². The van der Waals surface area contributed by atoms with Gasteiger partial charge in [-0.05, 0) is 65.1 Å². The van der Waals surface area contributed by atoms with Crippen LogP contribution in [0.15, 0.2) is 133 Å². The average molecular weight is 608 g/mol. The van der Waals surface area contributed by atoms with E-state index in [0.29, 0.717) is 18.8 Å². The third kappa shape index (κ3) is 6.63. The number of imidazole rings is 1. The summed E-state index contributed by atoms with van der Waals surface area (Å²) >= 11 is 0. The molecule has 6 heteroatoms. The fourth-order valence-electron chi connectivity index (χ4n) is 6.61. The van der Waals surface area contributed by atoms with Gasteiger partial charge in [-0.1, -0.05) is 97.1 Å². The van der Waals surface area contributed by atoms with E-state index in [-0.39, 0.29) is 0 Å². The number of piperazine rings is 1. The number of fused-ring (bicyclic) bond motifs is 1. The molecule has 6 aromatic rings. The van der Waals surface area contributed by atoms with E-state index in [0.717, 1.165) is 62.5 Å². The summed E-state index contributed by atoms with van der Waals surface area (Å²) in [6.07, 6.45) is 0.832. The van der Waals surface area contributed by atoms with Crippen molar-refractivity contribution in [1.82, 2.24) is 14.0 Å². The molecular weight excluding hydrogens is 566 g/mol. The zero-order valence-electron chi connectivity index (χ0n) is 26.3. The molecule has 0 atom stereocenters. The van der Waals surface area contributed by atoms with Gasteiger partial charge in [0.1, 0.15) is 5.75 Å². The Hall–Kier alpha value is -5.07. The number of hydrogen-bond donors (Lipinski definition) is 1. The van der Waals surface area contributed by atoms with Gasteiger partial charge in [-0.3, -0.25) is 10.3 Å². The number of nitrogens with one attached hydrogen (secondary N) is 1. The van der Waals surface area contributed by atoms with E-state index < -0.39 is 0 Å². The zero-order chi connectivity index (χ0) is 31.1. The van der Waals surface area contributed by atoms with Crippen molar-refractivity contribution in [2.24, 2.45) is 0 Å². The third-order valence-corrected chi connectivity index (χ3v) is 9.00. The fourth-order valence-corrected chi connectivity index (χ4v) is 6.61. The first-order valence-electron chi connectivity index (χ1n) is 16.3. The largest absolute Gasteiger partial charge is 0.494 e. The maximum Gasteiger partial charge on any atom is 0.203 e. The molecule has 1 aliphatic heterocycles. The molecule has 232 valence electrons. The number of anilines is 1. The Kier molecular flexibility index (Phi) is 8.97. The Morgan fingerprint density at radius 3 is 2.07 bits per heavy atom. The van der Waals surface area contributed by atoms with Crippen LogP contribution in [0.2, 0.25) is 0 Å². The molecule has 2 heterocycles. The molecule has 0 bridgehead atoms. The second kappa shape index (κ2) is 13.9. The highest BCUT2D eigenvalue weighted by molar-refractivity contribution is 5.76. The van der Waals surface area contributed by atoms with Gasteiger partial charge in [-0.15, -0.1) is 0 Å².